The average Bonchev–Trinajstić information content (AvgIpc) is 3.17. The maximum absolute atomic E-state index is 12.3. The third-order valence-electron chi connectivity index (χ3n) is 3.55. The highest BCUT2D eigenvalue weighted by Crippen LogP contribution is 2.32. The van der Waals surface area contributed by atoms with Crippen LogP contribution >= 0.6 is 0 Å². The smallest absolute Gasteiger partial charge is 0.302 e. The number of benzene rings is 1. The molecule has 2 aromatic heterocycles. The molecule has 27 heavy (non-hydrogen) atoms. The number of hydrogen-bond donors (Lipinski definition) is 2. The monoisotopic (exact) mass is 367 g/mol. The second-order valence-electron chi connectivity index (χ2n) is 5.40. The van der Waals surface area contributed by atoms with E-state index in [0.29, 0.717) is 30.4 Å². The number of ether oxygens (including phenoxy) is 2. The molecule has 0 unspecified atom stereocenters. The van der Waals surface area contributed by atoms with Gasteiger partial charge in [0.15, 0.2) is 17.2 Å². The number of rotatable bonds is 4. The van der Waals surface area contributed by atoms with Crippen molar-refractivity contribution in [3.63, 3.8) is 0 Å². The molecule has 0 bridgehead atoms. The Kier molecular flexibility index (Phi) is 4.35. The summed E-state index contributed by atoms with van der Waals surface area (Å²) in [6.45, 7) is 0.934. The lowest BCUT2D eigenvalue weighted by Gasteiger charge is -2.18. The molecule has 1 aliphatic rings. The molecule has 0 spiro atoms. The maximum Gasteiger partial charge on any atom is 0.302 e. The first-order valence-corrected chi connectivity index (χ1v) is 7.93. The zero-order valence-electron chi connectivity index (χ0n) is 13.8. The van der Waals surface area contributed by atoms with E-state index in [0.717, 1.165) is 6.26 Å². The largest absolute Gasteiger partial charge is 0.486 e. The number of hydrogen-bond acceptors (Lipinski definition) is 8. The molecule has 2 amide bonds. The third-order valence-corrected chi connectivity index (χ3v) is 3.55. The predicted molar refractivity (Wildman–Crippen MR) is 91.9 cm³/mol. The predicted octanol–water partition coefficient (Wildman–Crippen LogP) is 1.74. The van der Waals surface area contributed by atoms with E-state index >= 15 is 0 Å². The molecular formula is C17H13N5O5. The van der Waals surface area contributed by atoms with E-state index < -0.39 is 11.8 Å². The molecule has 0 saturated carbocycles. The van der Waals surface area contributed by atoms with Gasteiger partial charge in [0.2, 0.25) is 0 Å². The van der Waals surface area contributed by atoms with E-state index in [1.165, 1.54) is 18.6 Å². The van der Waals surface area contributed by atoms with Crippen molar-refractivity contribution in [2.75, 3.05) is 23.8 Å². The Balaban J connectivity index is 1.42. The number of anilines is 2. The number of nitrogens with one attached hydrogen (secondary N) is 2. The van der Waals surface area contributed by atoms with E-state index in [4.69, 9.17) is 13.9 Å². The van der Waals surface area contributed by atoms with E-state index in [9.17, 15) is 9.59 Å². The minimum absolute atomic E-state index is 0.000616. The van der Waals surface area contributed by atoms with Gasteiger partial charge in [-0.05, 0) is 12.1 Å². The summed E-state index contributed by atoms with van der Waals surface area (Å²) in [5.74, 6) is 0.116. The molecule has 2 N–H and O–H groups in total. The summed E-state index contributed by atoms with van der Waals surface area (Å²) < 4.78 is 16.0. The second-order valence-corrected chi connectivity index (χ2v) is 5.40. The van der Waals surface area contributed by atoms with E-state index in [1.807, 2.05) is 0 Å². The van der Waals surface area contributed by atoms with Gasteiger partial charge < -0.3 is 19.2 Å². The number of aromatic nitrogens is 3. The molecule has 1 aromatic carbocycles. The maximum atomic E-state index is 12.3. The van der Waals surface area contributed by atoms with E-state index in [-0.39, 0.29) is 17.4 Å². The van der Waals surface area contributed by atoms with Gasteiger partial charge in [0.1, 0.15) is 25.2 Å². The fourth-order valence-electron chi connectivity index (χ4n) is 2.33. The highest BCUT2D eigenvalue weighted by molar-refractivity contribution is 6.04. The van der Waals surface area contributed by atoms with Crippen LogP contribution in [0.3, 0.4) is 0 Å². The molecule has 1 aliphatic heterocycles. The zero-order valence-corrected chi connectivity index (χ0v) is 13.8. The van der Waals surface area contributed by atoms with Crippen molar-refractivity contribution in [3.05, 3.63) is 54.4 Å². The van der Waals surface area contributed by atoms with Gasteiger partial charge in [-0.3, -0.25) is 19.9 Å². The van der Waals surface area contributed by atoms with Crippen LogP contribution in [-0.2, 0) is 0 Å². The molecule has 4 rings (SSSR count). The van der Waals surface area contributed by atoms with Crippen molar-refractivity contribution in [2.45, 2.75) is 0 Å². The Labute approximate surface area is 152 Å². The van der Waals surface area contributed by atoms with Crippen LogP contribution < -0.4 is 20.1 Å². The number of nitrogens with zero attached hydrogens (tertiary/aromatic N) is 3. The molecule has 0 radical (unpaired) electrons. The third kappa shape index (κ3) is 3.68. The molecule has 0 saturated heterocycles. The van der Waals surface area contributed by atoms with Crippen molar-refractivity contribution in [3.8, 4) is 11.5 Å². The Hall–Kier alpha value is -3.95. The molecule has 136 valence electrons. The number of carbonyl (C=O) groups is 2. The van der Waals surface area contributed by atoms with Crippen LogP contribution in [0.4, 0.5) is 11.7 Å². The number of carbonyl (C=O) groups excluding carboxylic acids is 2. The minimum Gasteiger partial charge on any atom is -0.486 e. The van der Waals surface area contributed by atoms with Crippen LogP contribution in [0.1, 0.15) is 21.0 Å². The van der Waals surface area contributed by atoms with Crippen LogP contribution in [0.15, 0.2) is 47.5 Å². The summed E-state index contributed by atoms with van der Waals surface area (Å²) in [6, 6.07) is 4.92. The first kappa shape index (κ1) is 16.5. The molecular weight excluding hydrogens is 354 g/mol. The number of amides is 2. The van der Waals surface area contributed by atoms with Crippen molar-refractivity contribution in [1.29, 1.82) is 0 Å². The normalized spacial score (nSPS) is 12.3. The quantitative estimate of drug-likeness (QED) is 0.713. The summed E-state index contributed by atoms with van der Waals surface area (Å²) in [5, 5.41) is 5.08. The molecule has 0 aliphatic carbocycles. The summed E-state index contributed by atoms with van der Waals surface area (Å²) in [7, 11) is 0. The summed E-state index contributed by atoms with van der Waals surface area (Å²) >= 11 is 0. The van der Waals surface area contributed by atoms with Crippen LogP contribution in [0.5, 0.6) is 11.5 Å². The fraction of sp³-hybridized carbons (Fsp3) is 0.118. The molecule has 3 aromatic rings. The van der Waals surface area contributed by atoms with Crippen molar-refractivity contribution < 1.29 is 23.5 Å². The van der Waals surface area contributed by atoms with Crippen LogP contribution in [-0.4, -0.2) is 40.0 Å². The standard InChI is InChI=1S/C17H13N5O5/c23-15(11-8-18-3-4-19-11)22-17-21-12(9-27-17)16(24)20-10-1-2-13-14(7-10)26-6-5-25-13/h1-4,7-9H,5-6H2,(H,20,24)(H,21,22,23). The van der Waals surface area contributed by atoms with Gasteiger partial charge >= 0.3 is 6.01 Å². The molecule has 10 heteroatoms. The first-order chi connectivity index (χ1) is 13.2. The fourth-order valence-corrected chi connectivity index (χ4v) is 2.33. The topological polar surface area (TPSA) is 128 Å². The Morgan fingerprint density at radius 1 is 0.963 bits per heavy atom. The second kappa shape index (κ2) is 7.12. The van der Waals surface area contributed by atoms with E-state index in [1.54, 1.807) is 18.2 Å². The summed E-state index contributed by atoms with van der Waals surface area (Å²) in [4.78, 5) is 35.9. The van der Waals surface area contributed by atoms with Crippen molar-refractivity contribution >= 4 is 23.5 Å². The van der Waals surface area contributed by atoms with E-state index in [2.05, 4.69) is 25.6 Å². The molecule has 10 nitrogen and oxygen atoms in total. The average molecular weight is 367 g/mol. The SMILES string of the molecule is O=C(Nc1ccc2c(c1)OCCO2)c1coc(NC(=O)c2cnccn2)n1. The molecule has 3 heterocycles. The van der Waals surface area contributed by atoms with Crippen molar-refractivity contribution in [2.24, 2.45) is 0 Å². The number of oxazole rings is 1. The highest BCUT2D eigenvalue weighted by Gasteiger charge is 2.17. The molecule has 0 fully saturated rings. The summed E-state index contributed by atoms with van der Waals surface area (Å²) in [5.41, 5.74) is 0.606. The van der Waals surface area contributed by atoms with Gasteiger partial charge in [0.05, 0.1) is 6.20 Å². The first-order valence-electron chi connectivity index (χ1n) is 7.93. The van der Waals surface area contributed by atoms with Crippen LogP contribution in [0.2, 0.25) is 0 Å². The lowest BCUT2D eigenvalue weighted by molar-refractivity contribution is 0.101. The minimum atomic E-state index is -0.552. The highest BCUT2D eigenvalue weighted by atomic mass is 16.6. The van der Waals surface area contributed by atoms with Crippen LogP contribution in [0.25, 0.3) is 0 Å². The lowest BCUT2D eigenvalue weighted by Crippen LogP contribution is -2.17. The zero-order chi connectivity index (χ0) is 18.6. The van der Waals surface area contributed by atoms with Crippen LogP contribution in [0, 0.1) is 0 Å². The van der Waals surface area contributed by atoms with Gasteiger partial charge in [-0.1, -0.05) is 0 Å². The van der Waals surface area contributed by atoms with Gasteiger partial charge in [-0.25, -0.2) is 4.98 Å². The lowest BCUT2D eigenvalue weighted by atomic mass is 10.2. The molecule has 0 atom stereocenters. The Bertz CT molecular complexity index is 988. The van der Waals surface area contributed by atoms with Gasteiger partial charge in [0.25, 0.3) is 11.8 Å². The number of fused-ring (bicyclic) bond motifs is 1. The van der Waals surface area contributed by atoms with Gasteiger partial charge in [-0.15, -0.1) is 0 Å². The Morgan fingerprint density at radius 3 is 2.59 bits per heavy atom. The van der Waals surface area contributed by atoms with Gasteiger partial charge in [-0.2, -0.15) is 4.98 Å². The summed E-state index contributed by atoms with van der Waals surface area (Å²) in [6.07, 6.45) is 5.27. The Morgan fingerprint density at radius 2 is 1.78 bits per heavy atom. The van der Waals surface area contributed by atoms with Crippen molar-refractivity contribution in [1.82, 2.24) is 15.0 Å². The van der Waals surface area contributed by atoms with Gasteiger partial charge in [0, 0.05) is 24.1 Å².